The Hall–Kier alpha value is -1.95. The summed E-state index contributed by atoms with van der Waals surface area (Å²) in [6.45, 7) is 4.55. The van der Waals surface area contributed by atoms with Crippen LogP contribution in [0.25, 0.3) is 0 Å². The molecule has 1 aliphatic rings. The molecule has 1 saturated heterocycles. The normalized spacial score (nSPS) is 17.0. The summed E-state index contributed by atoms with van der Waals surface area (Å²) in [7, 11) is -5.89. The third-order valence-corrected chi connectivity index (χ3v) is 8.78. The summed E-state index contributed by atoms with van der Waals surface area (Å²) in [5.41, 5.74) is 0.579. The first kappa shape index (κ1) is 20.8. The lowest BCUT2D eigenvalue weighted by molar-refractivity contribution is 0.272. The summed E-state index contributed by atoms with van der Waals surface area (Å²) in [6, 6.07) is 6.14. The number of benzene rings is 1. The maximum absolute atomic E-state index is 12.9. The fraction of sp³-hybridized carbons (Fsp3) is 0.471. The molecule has 1 aromatic heterocycles. The Morgan fingerprint density at radius 1 is 0.964 bits per heavy atom. The van der Waals surface area contributed by atoms with Gasteiger partial charge < -0.3 is 4.74 Å². The van der Waals surface area contributed by atoms with Gasteiger partial charge in [0.15, 0.2) is 0 Å². The van der Waals surface area contributed by atoms with E-state index in [1.165, 1.54) is 34.0 Å². The van der Waals surface area contributed by atoms with E-state index in [-0.39, 0.29) is 36.0 Å². The van der Waals surface area contributed by atoms with Crippen LogP contribution in [0, 0.1) is 6.92 Å². The molecule has 1 aliphatic heterocycles. The quantitative estimate of drug-likeness (QED) is 0.678. The smallest absolute Gasteiger partial charge is 0.246 e. The highest BCUT2D eigenvalue weighted by Gasteiger charge is 2.35. The van der Waals surface area contributed by atoms with Crippen LogP contribution in [-0.4, -0.2) is 68.5 Å². The maximum Gasteiger partial charge on any atom is 0.246 e. The van der Waals surface area contributed by atoms with Crippen LogP contribution in [0.5, 0.6) is 5.75 Å². The summed E-state index contributed by atoms with van der Waals surface area (Å²) >= 11 is 0. The summed E-state index contributed by atoms with van der Waals surface area (Å²) in [5.74, 6) is 0.567. The molecule has 2 aromatic rings. The second kappa shape index (κ2) is 7.82. The topological polar surface area (TPSA) is 102 Å². The molecule has 0 unspecified atom stereocenters. The van der Waals surface area contributed by atoms with E-state index in [4.69, 9.17) is 4.74 Å². The molecular formula is C17H24N4O5S2. The fourth-order valence-corrected chi connectivity index (χ4v) is 6.19. The Kier molecular flexibility index (Phi) is 5.80. The molecule has 9 nitrogen and oxygen atoms in total. The Labute approximate surface area is 165 Å². The van der Waals surface area contributed by atoms with Crippen LogP contribution in [0.3, 0.4) is 0 Å². The van der Waals surface area contributed by atoms with E-state index in [1.54, 1.807) is 23.7 Å². The summed E-state index contributed by atoms with van der Waals surface area (Å²) in [5, 5.41) is 4.10. The average molecular weight is 429 g/mol. The van der Waals surface area contributed by atoms with E-state index in [9.17, 15) is 16.8 Å². The Bertz CT molecular complexity index is 1040. The number of hydrogen-bond donors (Lipinski definition) is 0. The molecule has 1 fully saturated rings. The Morgan fingerprint density at radius 2 is 1.50 bits per heavy atom. The fourth-order valence-electron chi connectivity index (χ4n) is 3.19. The molecule has 28 heavy (non-hydrogen) atoms. The molecule has 0 N–H and O–H groups in total. The molecule has 3 rings (SSSR count). The zero-order valence-corrected chi connectivity index (χ0v) is 17.7. The van der Waals surface area contributed by atoms with Crippen molar-refractivity contribution in [2.45, 2.75) is 30.2 Å². The highest BCUT2D eigenvalue weighted by Crippen LogP contribution is 2.24. The van der Waals surface area contributed by atoms with Gasteiger partial charge in [0.1, 0.15) is 10.6 Å². The van der Waals surface area contributed by atoms with Gasteiger partial charge in [-0.15, -0.1) is 0 Å². The number of methoxy groups -OCH3 is 1. The lowest BCUT2D eigenvalue weighted by Gasteiger charge is -2.33. The Balaban J connectivity index is 1.75. The molecule has 0 saturated carbocycles. The van der Waals surface area contributed by atoms with E-state index in [0.29, 0.717) is 18.0 Å². The van der Waals surface area contributed by atoms with Gasteiger partial charge in [0.05, 0.1) is 23.9 Å². The van der Waals surface area contributed by atoms with Crippen LogP contribution < -0.4 is 4.74 Å². The monoisotopic (exact) mass is 428 g/mol. The Morgan fingerprint density at radius 3 is 1.96 bits per heavy atom. The van der Waals surface area contributed by atoms with Gasteiger partial charge in [-0.3, -0.25) is 4.68 Å². The third-order valence-electron chi connectivity index (χ3n) is 4.87. The van der Waals surface area contributed by atoms with Crippen molar-refractivity contribution in [3.63, 3.8) is 0 Å². The summed E-state index contributed by atoms with van der Waals surface area (Å²) in [6.07, 6.45) is 1.36. The van der Waals surface area contributed by atoms with E-state index in [2.05, 4.69) is 5.10 Å². The lowest BCUT2D eigenvalue weighted by Crippen LogP contribution is -2.50. The van der Waals surface area contributed by atoms with Gasteiger partial charge in [-0.25, -0.2) is 16.8 Å². The van der Waals surface area contributed by atoms with Gasteiger partial charge in [0.2, 0.25) is 20.0 Å². The minimum absolute atomic E-state index is 0.0917. The number of rotatable bonds is 6. The van der Waals surface area contributed by atoms with Gasteiger partial charge >= 0.3 is 0 Å². The average Bonchev–Trinajstić information content (AvgIpc) is 3.09. The maximum atomic E-state index is 12.9. The standard InChI is InChI=1S/C17H24N4O5S2/c1-4-21-14(2)17(13-18-21)28(24,25)20-11-9-19(10-12-20)27(22,23)16-7-5-15(26-3)6-8-16/h5-8,13H,4,9-12H2,1-3H3. The number of piperazine rings is 1. The molecular weight excluding hydrogens is 404 g/mol. The first-order chi connectivity index (χ1) is 13.2. The molecule has 0 radical (unpaired) electrons. The summed E-state index contributed by atoms with van der Waals surface area (Å²) in [4.78, 5) is 0.325. The van der Waals surface area contributed by atoms with Crippen LogP contribution in [0.15, 0.2) is 40.3 Å². The zero-order chi connectivity index (χ0) is 20.5. The van der Waals surface area contributed by atoms with Crippen molar-refractivity contribution in [2.24, 2.45) is 0 Å². The van der Waals surface area contributed by atoms with Crippen LogP contribution in [-0.2, 0) is 26.6 Å². The molecule has 1 aromatic carbocycles. The van der Waals surface area contributed by atoms with Crippen LogP contribution in [0.4, 0.5) is 0 Å². The van der Waals surface area contributed by atoms with Crippen LogP contribution in [0.2, 0.25) is 0 Å². The predicted octanol–water partition coefficient (Wildman–Crippen LogP) is 0.915. The minimum Gasteiger partial charge on any atom is -0.497 e. The highest BCUT2D eigenvalue weighted by molar-refractivity contribution is 7.89. The lowest BCUT2D eigenvalue weighted by atomic mass is 10.3. The van der Waals surface area contributed by atoms with E-state index < -0.39 is 20.0 Å². The molecule has 2 heterocycles. The van der Waals surface area contributed by atoms with Gasteiger partial charge in [0.25, 0.3) is 0 Å². The number of aromatic nitrogens is 2. The van der Waals surface area contributed by atoms with Crippen LogP contribution in [0.1, 0.15) is 12.6 Å². The van der Waals surface area contributed by atoms with Gasteiger partial charge in [-0.2, -0.15) is 13.7 Å². The molecule has 0 atom stereocenters. The third kappa shape index (κ3) is 3.66. The first-order valence-corrected chi connectivity index (χ1v) is 11.8. The van der Waals surface area contributed by atoms with Crippen molar-refractivity contribution in [3.8, 4) is 5.75 Å². The van der Waals surface area contributed by atoms with Crippen molar-refractivity contribution in [1.82, 2.24) is 18.4 Å². The van der Waals surface area contributed by atoms with E-state index in [0.717, 1.165) is 0 Å². The number of sulfonamides is 2. The molecule has 11 heteroatoms. The molecule has 0 amide bonds. The summed E-state index contributed by atoms with van der Waals surface area (Å²) < 4.78 is 60.8. The number of ether oxygens (including phenoxy) is 1. The SMILES string of the molecule is CCn1ncc(S(=O)(=O)N2CCN(S(=O)(=O)c3ccc(OC)cc3)CC2)c1C. The van der Waals surface area contributed by atoms with Crippen molar-refractivity contribution in [3.05, 3.63) is 36.2 Å². The zero-order valence-electron chi connectivity index (χ0n) is 16.1. The van der Waals surface area contributed by atoms with Crippen molar-refractivity contribution in [1.29, 1.82) is 0 Å². The number of nitrogens with zero attached hydrogens (tertiary/aromatic N) is 4. The van der Waals surface area contributed by atoms with E-state index >= 15 is 0 Å². The number of hydrogen-bond acceptors (Lipinski definition) is 6. The van der Waals surface area contributed by atoms with Crippen molar-refractivity contribution in [2.75, 3.05) is 33.3 Å². The second-order valence-corrected chi connectivity index (χ2v) is 10.2. The first-order valence-electron chi connectivity index (χ1n) is 8.88. The minimum atomic E-state index is -3.71. The van der Waals surface area contributed by atoms with E-state index in [1.807, 2.05) is 6.92 Å². The molecule has 0 bridgehead atoms. The van der Waals surface area contributed by atoms with Crippen molar-refractivity contribution < 1.29 is 21.6 Å². The predicted molar refractivity (Wildman–Crippen MR) is 103 cm³/mol. The van der Waals surface area contributed by atoms with Crippen LogP contribution >= 0.6 is 0 Å². The van der Waals surface area contributed by atoms with Gasteiger partial charge in [-0.1, -0.05) is 0 Å². The molecule has 0 spiro atoms. The largest absolute Gasteiger partial charge is 0.497 e. The van der Waals surface area contributed by atoms with Gasteiger partial charge in [0, 0.05) is 32.7 Å². The highest BCUT2D eigenvalue weighted by atomic mass is 32.2. The second-order valence-electron chi connectivity index (χ2n) is 6.39. The van der Waals surface area contributed by atoms with Crippen molar-refractivity contribution >= 4 is 20.0 Å². The van der Waals surface area contributed by atoms with Gasteiger partial charge in [-0.05, 0) is 38.1 Å². The number of aryl methyl sites for hydroxylation is 1. The molecule has 0 aliphatic carbocycles. The molecule has 154 valence electrons.